The highest BCUT2D eigenvalue weighted by molar-refractivity contribution is 6.09. The molecule has 1 aliphatic carbocycles. The summed E-state index contributed by atoms with van der Waals surface area (Å²) in [5.74, 6) is 0. The number of aromatic nitrogens is 1. The minimum atomic E-state index is 0.994. The molecule has 0 N–H and O–H groups in total. The van der Waals surface area contributed by atoms with Gasteiger partial charge in [-0.25, -0.2) is 0 Å². The SMILES string of the molecule is C1=Cc2c(n(-c3cccc(-c4ccc(N(c5ccc(-c6ccccc6)cc5)c5ccc(-c6cccc7ccccc67)cc5)cc4)c3-c3ccc4c(ccc5ccccc54)c3)c3ccccc23)CC1. The van der Waals surface area contributed by atoms with Crippen LogP contribution < -0.4 is 4.90 Å². The lowest BCUT2D eigenvalue weighted by Crippen LogP contribution is -2.10. The average molecular weight is 867 g/mol. The number of fused-ring (bicyclic) bond motifs is 7. The van der Waals surface area contributed by atoms with Gasteiger partial charge >= 0.3 is 0 Å². The molecule has 320 valence electrons. The summed E-state index contributed by atoms with van der Waals surface area (Å²) in [6.07, 6.45) is 6.68. The molecule has 1 aromatic heterocycles. The lowest BCUT2D eigenvalue weighted by Gasteiger charge is -2.26. The van der Waals surface area contributed by atoms with Crippen molar-refractivity contribution in [3.63, 3.8) is 0 Å². The number of hydrogen-bond acceptors (Lipinski definition) is 1. The largest absolute Gasteiger partial charge is 0.312 e. The molecular formula is C66H46N2. The highest BCUT2D eigenvalue weighted by Gasteiger charge is 2.23. The zero-order chi connectivity index (χ0) is 45.0. The van der Waals surface area contributed by atoms with Crippen LogP contribution in [-0.4, -0.2) is 4.57 Å². The molecule has 0 saturated carbocycles. The summed E-state index contributed by atoms with van der Waals surface area (Å²) in [5, 5.41) is 8.84. The van der Waals surface area contributed by atoms with Gasteiger partial charge in [0.05, 0.1) is 11.2 Å². The zero-order valence-electron chi connectivity index (χ0n) is 37.6. The van der Waals surface area contributed by atoms with E-state index in [1.54, 1.807) is 0 Å². The van der Waals surface area contributed by atoms with E-state index in [0.717, 1.165) is 29.9 Å². The maximum atomic E-state index is 2.55. The van der Waals surface area contributed by atoms with E-state index in [1.165, 1.54) is 105 Å². The van der Waals surface area contributed by atoms with Crippen LogP contribution in [0, 0.1) is 0 Å². The van der Waals surface area contributed by atoms with Crippen LogP contribution in [0.5, 0.6) is 0 Å². The number of para-hydroxylation sites is 1. The van der Waals surface area contributed by atoms with Crippen molar-refractivity contribution >= 4 is 66.4 Å². The highest BCUT2D eigenvalue weighted by Crippen LogP contribution is 2.44. The van der Waals surface area contributed by atoms with Gasteiger partial charge in [-0.15, -0.1) is 0 Å². The van der Waals surface area contributed by atoms with E-state index >= 15 is 0 Å². The first-order chi connectivity index (χ1) is 33.7. The van der Waals surface area contributed by atoms with Crippen molar-refractivity contribution in [2.45, 2.75) is 12.8 Å². The third kappa shape index (κ3) is 6.81. The molecule has 0 aliphatic heterocycles. The third-order valence-corrected chi connectivity index (χ3v) is 14.1. The first-order valence-electron chi connectivity index (χ1n) is 23.7. The van der Waals surface area contributed by atoms with Crippen molar-refractivity contribution in [2.75, 3.05) is 4.90 Å². The Morgan fingerprint density at radius 1 is 0.353 bits per heavy atom. The minimum Gasteiger partial charge on any atom is -0.312 e. The van der Waals surface area contributed by atoms with Crippen LogP contribution >= 0.6 is 0 Å². The molecule has 1 aliphatic rings. The first-order valence-corrected chi connectivity index (χ1v) is 23.7. The molecule has 0 radical (unpaired) electrons. The van der Waals surface area contributed by atoms with E-state index in [4.69, 9.17) is 0 Å². The smallest absolute Gasteiger partial charge is 0.0543 e. The van der Waals surface area contributed by atoms with E-state index in [-0.39, 0.29) is 0 Å². The number of anilines is 3. The number of allylic oxidation sites excluding steroid dienone is 1. The van der Waals surface area contributed by atoms with Crippen LogP contribution in [0.3, 0.4) is 0 Å². The summed E-state index contributed by atoms with van der Waals surface area (Å²) in [5.41, 5.74) is 18.1. The summed E-state index contributed by atoms with van der Waals surface area (Å²) < 4.78 is 2.55. The van der Waals surface area contributed by atoms with Gasteiger partial charge in [-0.3, -0.25) is 0 Å². The van der Waals surface area contributed by atoms with E-state index in [9.17, 15) is 0 Å². The summed E-state index contributed by atoms with van der Waals surface area (Å²) in [6.45, 7) is 0. The Labute approximate surface area is 397 Å². The van der Waals surface area contributed by atoms with Crippen molar-refractivity contribution in [2.24, 2.45) is 0 Å². The van der Waals surface area contributed by atoms with Crippen molar-refractivity contribution < 1.29 is 0 Å². The predicted molar refractivity (Wildman–Crippen MR) is 290 cm³/mol. The Balaban J connectivity index is 0.961. The number of hydrogen-bond donors (Lipinski definition) is 0. The number of nitrogens with zero attached hydrogens (tertiary/aromatic N) is 2. The van der Waals surface area contributed by atoms with Gasteiger partial charge in [-0.1, -0.05) is 200 Å². The zero-order valence-corrected chi connectivity index (χ0v) is 37.6. The second-order valence-electron chi connectivity index (χ2n) is 17.9. The Hall–Kier alpha value is -8.72. The van der Waals surface area contributed by atoms with Crippen molar-refractivity contribution in [1.82, 2.24) is 4.57 Å². The molecule has 0 bridgehead atoms. The minimum absolute atomic E-state index is 0.994. The Kier molecular flexibility index (Phi) is 9.68. The van der Waals surface area contributed by atoms with E-state index in [1.807, 2.05) is 0 Å². The van der Waals surface area contributed by atoms with Gasteiger partial charge in [0.25, 0.3) is 0 Å². The fraction of sp³-hybridized carbons (Fsp3) is 0.0303. The van der Waals surface area contributed by atoms with Gasteiger partial charge in [-0.2, -0.15) is 0 Å². The van der Waals surface area contributed by atoms with Crippen LogP contribution in [0.2, 0.25) is 0 Å². The van der Waals surface area contributed by atoms with Crippen LogP contribution in [0.1, 0.15) is 17.7 Å². The third-order valence-electron chi connectivity index (χ3n) is 14.1. The molecule has 12 aromatic rings. The second kappa shape index (κ2) is 16.6. The lowest BCUT2D eigenvalue weighted by atomic mass is 9.90. The van der Waals surface area contributed by atoms with Gasteiger partial charge in [0.15, 0.2) is 0 Å². The molecule has 1 heterocycles. The highest BCUT2D eigenvalue weighted by atomic mass is 15.1. The molecule has 2 heteroatoms. The monoisotopic (exact) mass is 866 g/mol. The summed E-state index contributed by atoms with van der Waals surface area (Å²) in [7, 11) is 0. The topological polar surface area (TPSA) is 8.17 Å². The molecular weight excluding hydrogens is 821 g/mol. The molecule has 0 amide bonds. The molecule has 0 atom stereocenters. The van der Waals surface area contributed by atoms with Crippen LogP contribution in [0.15, 0.2) is 249 Å². The predicted octanol–water partition coefficient (Wildman–Crippen LogP) is 18.2. The summed E-state index contributed by atoms with van der Waals surface area (Å²) in [4.78, 5) is 2.38. The Morgan fingerprint density at radius 2 is 0.882 bits per heavy atom. The van der Waals surface area contributed by atoms with E-state index in [2.05, 4.69) is 264 Å². The molecule has 0 fully saturated rings. The Bertz CT molecular complexity index is 3870. The molecule has 11 aromatic carbocycles. The first kappa shape index (κ1) is 39.6. The second-order valence-corrected chi connectivity index (χ2v) is 17.9. The van der Waals surface area contributed by atoms with Gasteiger partial charge in [0, 0.05) is 39.3 Å². The standard InChI is InChI=1S/C66H46N2/c1-2-14-45(15-3-1)46-30-37-53(38-31-46)67(54-39-32-49(33-40-54)58-23-12-18-47-16-4-6-19-56(47)58)55-41-34-50(35-42-55)60-24-13-27-65(68-63-25-10-8-21-61(63)62-22-9-11-26-64(62)68)66(60)52-36-43-59-51(44-52)29-28-48-17-5-7-20-57(48)59/h1-10,12-25,27-44H,11,26H2. The fourth-order valence-electron chi connectivity index (χ4n) is 10.8. The van der Waals surface area contributed by atoms with Gasteiger partial charge in [0.2, 0.25) is 0 Å². The number of benzene rings is 11. The van der Waals surface area contributed by atoms with Gasteiger partial charge in [0.1, 0.15) is 0 Å². The average Bonchev–Trinajstić information content (AvgIpc) is 3.75. The molecule has 2 nitrogen and oxygen atoms in total. The summed E-state index contributed by atoms with van der Waals surface area (Å²) in [6, 6.07) is 89.2. The molecule has 0 unspecified atom stereocenters. The van der Waals surface area contributed by atoms with Crippen LogP contribution in [0.4, 0.5) is 17.1 Å². The normalized spacial score (nSPS) is 12.2. The van der Waals surface area contributed by atoms with E-state index < -0.39 is 0 Å². The van der Waals surface area contributed by atoms with Gasteiger partial charge < -0.3 is 9.47 Å². The Morgan fingerprint density at radius 3 is 1.63 bits per heavy atom. The molecule has 68 heavy (non-hydrogen) atoms. The quantitative estimate of drug-likeness (QED) is 0.138. The molecule has 0 spiro atoms. The maximum Gasteiger partial charge on any atom is 0.0543 e. The lowest BCUT2D eigenvalue weighted by molar-refractivity contribution is 0.889. The van der Waals surface area contributed by atoms with Crippen LogP contribution in [-0.2, 0) is 6.42 Å². The van der Waals surface area contributed by atoms with Gasteiger partial charge in [-0.05, 0) is 139 Å². The number of rotatable bonds is 8. The van der Waals surface area contributed by atoms with Crippen molar-refractivity contribution in [1.29, 1.82) is 0 Å². The maximum absolute atomic E-state index is 2.55. The fourth-order valence-corrected chi connectivity index (χ4v) is 10.8. The van der Waals surface area contributed by atoms with E-state index in [0.29, 0.717) is 0 Å². The van der Waals surface area contributed by atoms with Crippen molar-refractivity contribution in [3.05, 3.63) is 260 Å². The summed E-state index contributed by atoms with van der Waals surface area (Å²) >= 11 is 0. The van der Waals surface area contributed by atoms with Crippen molar-refractivity contribution in [3.8, 4) is 50.2 Å². The van der Waals surface area contributed by atoms with Crippen LogP contribution in [0.25, 0.3) is 99.5 Å². The molecule has 0 saturated heterocycles. The molecule has 13 rings (SSSR count).